The molecule has 106 valence electrons. The topological polar surface area (TPSA) is 45.1 Å². The summed E-state index contributed by atoms with van der Waals surface area (Å²) in [5.41, 5.74) is 2.36. The van der Waals surface area contributed by atoms with Crippen molar-refractivity contribution < 1.29 is 5.11 Å². The molecule has 1 aromatic carbocycles. The molecule has 0 bridgehead atoms. The summed E-state index contributed by atoms with van der Waals surface area (Å²) in [6, 6.07) is 16.2. The van der Waals surface area contributed by atoms with E-state index in [4.69, 9.17) is 0 Å². The molecule has 20 heavy (non-hydrogen) atoms. The van der Waals surface area contributed by atoms with Crippen molar-refractivity contribution in [3.05, 3.63) is 66.0 Å². The van der Waals surface area contributed by atoms with Crippen LogP contribution in [0.4, 0.5) is 0 Å². The number of rotatable bonds is 8. The molecule has 0 unspecified atom stereocenters. The van der Waals surface area contributed by atoms with Crippen LogP contribution in [0.25, 0.3) is 0 Å². The number of aromatic nitrogens is 1. The van der Waals surface area contributed by atoms with Gasteiger partial charge in [-0.2, -0.15) is 0 Å². The number of pyridine rings is 1. The molecule has 1 atom stereocenters. The molecule has 0 aliphatic heterocycles. The summed E-state index contributed by atoms with van der Waals surface area (Å²) in [5, 5.41) is 13.2. The average molecular weight is 270 g/mol. The average Bonchev–Trinajstić information content (AvgIpc) is 2.52. The van der Waals surface area contributed by atoms with Gasteiger partial charge in [-0.1, -0.05) is 36.4 Å². The van der Waals surface area contributed by atoms with Gasteiger partial charge in [-0.15, -0.1) is 0 Å². The van der Waals surface area contributed by atoms with Crippen molar-refractivity contribution in [1.82, 2.24) is 10.3 Å². The van der Waals surface area contributed by atoms with Crippen LogP contribution >= 0.6 is 0 Å². The second-order valence-corrected chi connectivity index (χ2v) is 4.95. The van der Waals surface area contributed by atoms with Gasteiger partial charge in [0.2, 0.25) is 0 Å². The maximum absolute atomic E-state index is 9.93. The molecule has 0 fully saturated rings. The SMILES string of the molecule is O[C@H](CCc1ccccc1)CNCCc1ccccn1. The predicted octanol–water partition coefficient (Wildman–Crippen LogP) is 2.21. The normalized spacial score (nSPS) is 12.2. The van der Waals surface area contributed by atoms with Gasteiger partial charge >= 0.3 is 0 Å². The zero-order valence-corrected chi connectivity index (χ0v) is 11.7. The third-order valence-electron chi connectivity index (χ3n) is 3.27. The van der Waals surface area contributed by atoms with Gasteiger partial charge in [0.05, 0.1) is 6.10 Å². The Labute approximate surface area is 120 Å². The van der Waals surface area contributed by atoms with E-state index in [1.807, 2.05) is 42.6 Å². The summed E-state index contributed by atoms with van der Waals surface area (Å²) < 4.78 is 0. The summed E-state index contributed by atoms with van der Waals surface area (Å²) in [6.07, 6.45) is 4.12. The highest BCUT2D eigenvalue weighted by molar-refractivity contribution is 5.14. The molecular weight excluding hydrogens is 248 g/mol. The summed E-state index contributed by atoms with van der Waals surface area (Å²) in [6.45, 7) is 1.49. The lowest BCUT2D eigenvalue weighted by Gasteiger charge is -2.11. The van der Waals surface area contributed by atoms with E-state index in [1.54, 1.807) is 0 Å². The Morgan fingerprint density at radius 3 is 2.55 bits per heavy atom. The Balaban J connectivity index is 1.57. The fourth-order valence-electron chi connectivity index (χ4n) is 2.11. The third kappa shape index (κ3) is 5.51. The lowest BCUT2D eigenvalue weighted by atomic mass is 10.1. The van der Waals surface area contributed by atoms with Crippen LogP contribution in [-0.4, -0.2) is 29.3 Å². The highest BCUT2D eigenvalue weighted by Crippen LogP contribution is 2.04. The molecule has 0 aliphatic carbocycles. The Bertz CT molecular complexity index is 473. The Morgan fingerprint density at radius 1 is 1.00 bits per heavy atom. The number of hydrogen-bond acceptors (Lipinski definition) is 3. The van der Waals surface area contributed by atoms with E-state index in [0.717, 1.165) is 31.5 Å². The molecule has 0 saturated carbocycles. The van der Waals surface area contributed by atoms with Gasteiger partial charge in [0.25, 0.3) is 0 Å². The van der Waals surface area contributed by atoms with Crippen LogP contribution < -0.4 is 5.32 Å². The molecule has 2 rings (SSSR count). The Morgan fingerprint density at radius 2 is 1.80 bits per heavy atom. The van der Waals surface area contributed by atoms with Gasteiger partial charge in [0.1, 0.15) is 0 Å². The molecule has 1 aromatic heterocycles. The molecule has 2 N–H and O–H groups in total. The zero-order chi connectivity index (χ0) is 14.0. The van der Waals surface area contributed by atoms with E-state index in [0.29, 0.717) is 6.54 Å². The molecule has 3 heteroatoms. The van der Waals surface area contributed by atoms with Gasteiger partial charge in [0, 0.05) is 31.4 Å². The second kappa shape index (κ2) is 8.46. The van der Waals surface area contributed by atoms with Crippen molar-refractivity contribution >= 4 is 0 Å². The highest BCUT2D eigenvalue weighted by atomic mass is 16.3. The van der Waals surface area contributed by atoms with Crippen LogP contribution in [0.5, 0.6) is 0 Å². The van der Waals surface area contributed by atoms with Crippen molar-refractivity contribution in [2.75, 3.05) is 13.1 Å². The standard InChI is InChI=1S/C17H22N2O/c20-17(10-9-15-6-2-1-3-7-15)14-18-13-11-16-8-4-5-12-19-16/h1-8,12,17-18,20H,9-11,13-14H2/t17-/m1/s1. The Kier molecular flexibility index (Phi) is 6.21. The van der Waals surface area contributed by atoms with Gasteiger partial charge in [-0.25, -0.2) is 0 Å². The van der Waals surface area contributed by atoms with Crippen LogP contribution in [0.3, 0.4) is 0 Å². The van der Waals surface area contributed by atoms with Gasteiger partial charge < -0.3 is 10.4 Å². The van der Waals surface area contributed by atoms with E-state index < -0.39 is 0 Å². The van der Waals surface area contributed by atoms with E-state index in [9.17, 15) is 5.11 Å². The summed E-state index contributed by atoms with van der Waals surface area (Å²) >= 11 is 0. The van der Waals surface area contributed by atoms with E-state index in [2.05, 4.69) is 22.4 Å². The number of benzene rings is 1. The molecule has 0 saturated heterocycles. The monoisotopic (exact) mass is 270 g/mol. The lowest BCUT2D eigenvalue weighted by molar-refractivity contribution is 0.162. The smallest absolute Gasteiger partial charge is 0.0667 e. The number of nitrogens with zero attached hydrogens (tertiary/aromatic N) is 1. The second-order valence-electron chi connectivity index (χ2n) is 4.95. The highest BCUT2D eigenvalue weighted by Gasteiger charge is 2.04. The van der Waals surface area contributed by atoms with Crippen molar-refractivity contribution in [3.63, 3.8) is 0 Å². The fourth-order valence-corrected chi connectivity index (χ4v) is 2.11. The largest absolute Gasteiger partial charge is 0.392 e. The van der Waals surface area contributed by atoms with Crippen molar-refractivity contribution in [3.8, 4) is 0 Å². The van der Waals surface area contributed by atoms with Crippen molar-refractivity contribution in [2.24, 2.45) is 0 Å². The minimum absolute atomic E-state index is 0.293. The summed E-state index contributed by atoms with van der Waals surface area (Å²) in [4.78, 5) is 4.27. The first-order valence-corrected chi connectivity index (χ1v) is 7.17. The van der Waals surface area contributed by atoms with Crippen molar-refractivity contribution in [2.45, 2.75) is 25.4 Å². The molecule has 0 aliphatic rings. The summed E-state index contributed by atoms with van der Waals surface area (Å²) in [7, 11) is 0. The minimum atomic E-state index is -0.293. The zero-order valence-electron chi connectivity index (χ0n) is 11.7. The van der Waals surface area contributed by atoms with Crippen LogP contribution in [0, 0.1) is 0 Å². The number of aliphatic hydroxyl groups excluding tert-OH is 1. The van der Waals surface area contributed by atoms with Crippen LogP contribution in [-0.2, 0) is 12.8 Å². The minimum Gasteiger partial charge on any atom is -0.392 e. The lowest BCUT2D eigenvalue weighted by Crippen LogP contribution is -2.28. The number of nitrogens with one attached hydrogen (secondary N) is 1. The van der Waals surface area contributed by atoms with Gasteiger partial charge in [0.15, 0.2) is 0 Å². The fraction of sp³-hybridized carbons (Fsp3) is 0.353. The van der Waals surface area contributed by atoms with Gasteiger partial charge in [-0.3, -0.25) is 4.98 Å². The van der Waals surface area contributed by atoms with E-state index in [-0.39, 0.29) is 6.10 Å². The maximum atomic E-state index is 9.93. The van der Waals surface area contributed by atoms with Gasteiger partial charge in [-0.05, 0) is 30.5 Å². The Hall–Kier alpha value is -1.71. The molecule has 1 heterocycles. The first-order valence-electron chi connectivity index (χ1n) is 7.17. The third-order valence-corrected chi connectivity index (χ3v) is 3.27. The van der Waals surface area contributed by atoms with E-state index >= 15 is 0 Å². The predicted molar refractivity (Wildman–Crippen MR) is 81.6 cm³/mol. The molecule has 3 nitrogen and oxygen atoms in total. The van der Waals surface area contributed by atoms with E-state index in [1.165, 1.54) is 5.56 Å². The molecule has 0 spiro atoms. The first-order chi connectivity index (χ1) is 9.84. The molecule has 2 aromatic rings. The molecule has 0 amide bonds. The van der Waals surface area contributed by atoms with Crippen LogP contribution in [0.2, 0.25) is 0 Å². The summed E-state index contributed by atoms with van der Waals surface area (Å²) in [5.74, 6) is 0. The number of aliphatic hydroxyl groups is 1. The maximum Gasteiger partial charge on any atom is 0.0667 e. The molecule has 0 radical (unpaired) electrons. The molecular formula is C17H22N2O. The number of aryl methyl sites for hydroxylation is 1. The van der Waals surface area contributed by atoms with Crippen LogP contribution in [0.15, 0.2) is 54.7 Å². The quantitative estimate of drug-likeness (QED) is 0.723. The first kappa shape index (κ1) is 14.7. The number of hydrogen-bond donors (Lipinski definition) is 2. The van der Waals surface area contributed by atoms with Crippen LogP contribution in [0.1, 0.15) is 17.7 Å². The van der Waals surface area contributed by atoms with Crippen molar-refractivity contribution in [1.29, 1.82) is 0 Å².